The van der Waals surface area contributed by atoms with Crippen molar-refractivity contribution in [3.63, 3.8) is 0 Å². The number of para-hydroxylation sites is 1. The fraction of sp³-hybridized carbons (Fsp3) is 0.364. The molecular weight excluding hydrogens is 386 g/mol. The molecule has 0 aromatic heterocycles. The Bertz CT molecular complexity index is 887. The molecule has 30 heavy (non-hydrogen) atoms. The number of nitrogens with one attached hydrogen (secondary N) is 2. The second-order valence-corrected chi connectivity index (χ2v) is 7.04. The average molecular weight is 415 g/mol. The average Bonchev–Trinajstić information content (AvgIpc) is 2.74. The summed E-state index contributed by atoms with van der Waals surface area (Å²) in [5.74, 6) is -0.449. The first kappa shape index (κ1) is 23.0. The number of rotatable bonds is 6. The van der Waals surface area contributed by atoms with Crippen molar-refractivity contribution < 1.29 is 24.5 Å². The Hall–Kier alpha value is -3.26. The van der Waals surface area contributed by atoms with Crippen LogP contribution >= 0.6 is 0 Å². The van der Waals surface area contributed by atoms with E-state index in [0.29, 0.717) is 18.0 Å². The third-order valence-electron chi connectivity index (χ3n) is 4.22. The van der Waals surface area contributed by atoms with E-state index >= 15 is 0 Å². The van der Waals surface area contributed by atoms with Crippen LogP contribution in [0, 0.1) is 0 Å². The molecule has 1 atom stereocenters. The van der Waals surface area contributed by atoms with Crippen molar-refractivity contribution in [2.75, 3.05) is 26.0 Å². The third-order valence-corrected chi connectivity index (χ3v) is 4.22. The highest BCUT2D eigenvalue weighted by Crippen LogP contribution is 2.32. The zero-order valence-corrected chi connectivity index (χ0v) is 17.7. The summed E-state index contributed by atoms with van der Waals surface area (Å²) in [5, 5.41) is 26.1. The number of hydrogen-bond donors (Lipinski definition) is 4. The van der Waals surface area contributed by atoms with Crippen molar-refractivity contribution >= 4 is 17.4 Å². The molecule has 1 heterocycles. The number of ether oxygens (including phenoxy) is 1. The molecule has 3 rings (SSSR count). The number of Topliss-reactive ketones (excluding diaryl/α,β-unsaturated/α-hetero) is 1. The summed E-state index contributed by atoms with van der Waals surface area (Å²) < 4.78 is 5.32. The number of benzene rings is 1. The summed E-state index contributed by atoms with van der Waals surface area (Å²) in [6.45, 7) is 4.56. The number of anilines is 1. The third kappa shape index (κ3) is 5.21. The molecule has 4 N–H and O–H groups in total. The van der Waals surface area contributed by atoms with Gasteiger partial charge in [-0.3, -0.25) is 9.59 Å². The van der Waals surface area contributed by atoms with Crippen LogP contribution in [0.2, 0.25) is 0 Å². The minimum atomic E-state index is -1.26. The van der Waals surface area contributed by atoms with E-state index in [9.17, 15) is 19.8 Å². The molecule has 1 unspecified atom stereocenters. The van der Waals surface area contributed by atoms with Crippen molar-refractivity contribution in [1.29, 1.82) is 0 Å². The highest BCUT2D eigenvalue weighted by Gasteiger charge is 2.38. The van der Waals surface area contributed by atoms with Gasteiger partial charge in [-0.1, -0.05) is 26.3 Å². The van der Waals surface area contributed by atoms with E-state index in [1.807, 2.05) is 12.2 Å². The van der Waals surface area contributed by atoms with Crippen molar-refractivity contribution in [3.8, 4) is 5.75 Å². The molecule has 1 aromatic rings. The molecule has 8 nitrogen and oxygen atoms in total. The molecule has 0 spiro atoms. The topological polar surface area (TPSA) is 111 Å². The lowest BCUT2D eigenvalue weighted by atomic mass is 9.94. The van der Waals surface area contributed by atoms with Gasteiger partial charge in [-0.25, -0.2) is 0 Å². The van der Waals surface area contributed by atoms with Gasteiger partial charge in [0.25, 0.3) is 5.91 Å². The number of aromatic hydroxyl groups is 1. The summed E-state index contributed by atoms with van der Waals surface area (Å²) in [4.78, 5) is 25.5. The largest absolute Gasteiger partial charge is 0.505 e. The summed E-state index contributed by atoms with van der Waals surface area (Å²) in [7, 11) is 3.16. The van der Waals surface area contributed by atoms with Crippen molar-refractivity contribution in [2.45, 2.75) is 32.8 Å². The van der Waals surface area contributed by atoms with Crippen LogP contribution in [-0.2, 0) is 9.53 Å². The number of hydrogen-bond acceptors (Lipinski definition) is 7. The van der Waals surface area contributed by atoms with Crippen LogP contribution in [0.1, 0.15) is 37.0 Å². The van der Waals surface area contributed by atoms with Gasteiger partial charge >= 0.3 is 0 Å². The second-order valence-electron chi connectivity index (χ2n) is 7.04. The molecule has 8 heteroatoms. The number of nitrogens with zero attached hydrogens (tertiary/aromatic N) is 1. The number of phenols is 1. The van der Waals surface area contributed by atoms with Crippen LogP contribution in [0.5, 0.6) is 5.75 Å². The van der Waals surface area contributed by atoms with E-state index in [4.69, 9.17) is 4.74 Å². The van der Waals surface area contributed by atoms with E-state index in [1.165, 1.54) is 17.4 Å². The molecule has 1 amide bonds. The van der Waals surface area contributed by atoms with Gasteiger partial charge in [0.05, 0.1) is 29.8 Å². The lowest BCUT2D eigenvalue weighted by Crippen LogP contribution is -2.46. The normalized spacial score (nSPS) is 17.2. The minimum Gasteiger partial charge on any atom is -0.505 e. The summed E-state index contributed by atoms with van der Waals surface area (Å²) >= 11 is 0. The van der Waals surface area contributed by atoms with Gasteiger partial charge in [0.1, 0.15) is 11.5 Å². The lowest BCUT2D eigenvalue weighted by Gasteiger charge is -2.30. The van der Waals surface area contributed by atoms with Gasteiger partial charge in [-0.2, -0.15) is 0 Å². The van der Waals surface area contributed by atoms with Crippen LogP contribution in [0.3, 0.4) is 0 Å². The van der Waals surface area contributed by atoms with Crippen LogP contribution in [0.4, 0.5) is 5.69 Å². The van der Waals surface area contributed by atoms with Gasteiger partial charge in [0.2, 0.25) is 5.78 Å². The maximum Gasteiger partial charge on any atom is 0.257 e. The number of carbonyl (C=O) groups excluding carboxylic acids is 2. The zero-order valence-electron chi connectivity index (χ0n) is 17.7. The number of phenolic OH excluding ortho intramolecular Hbond substituents is 1. The van der Waals surface area contributed by atoms with Gasteiger partial charge in [-0.15, -0.1) is 0 Å². The molecule has 1 aliphatic carbocycles. The summed E-state index contributed by atoms with van der Waals surface area (Å²) in [5.41, 5.74) is 0.760. The molecule has 162 valence electrons. The molecule has 0 saturated heterocycles. The van der Waals surface area contributed by atoms with Crippen LogP contribution in [0.25, 0.3) is 0 Å². The van der Waals surface area contributed by atoms with E-state index in [-0.39, 0.29) is 28.6 Å². The number of carbonyl (C=O) groups is 2. The van der Waals surface area contributed by atoms with Crippen LogP contribution in [0.15, 0.2) is 53.8 Å². The highest BCUT2D eigenvalue weighted by molar-refractivity contribution is 6.11. The van der Waals surface area contributed by atoms with Crippen molar-refractivity contribution in [1.82, 2.24) is 10.2 Å². The number of amides is 1. The minimum absolute atomic E-state index is 0.111. The monoisotopic (exact) mass is 415 g/mol. The van der Waals surface area contributed by atoms with Gasteiger partial charge in [0.15, 0.2) is 11.9 Å². The molecule has 0 bridgehead atoms. The number of aliphatic hydroxyl groups excluding tert-OH is 1. The zero-order chi connectivity index (χ0) is 22.3. The van der Waals surface area contributed by atoms with E-state index in [2.05, 4.69) is 24.5 Å². The Morgan fingerprint density at radius 1 is 1.30 bits per heavy atom. The highest BCUT2D eigenvalue weighted by atomic mass is 16.5. The Morgan fingerprint density at radius 3 is 2.60 bits per heavy atom. The molecular formula is C22H29N3O5. The van der Waals surface area contributed by atoms with Crippen molar-refractivity contribution in [2.24, 2.45) is 0 Å². The molecule has 1 aromatic carbocycles. The van der Waals surface area contributed by atoms with Crippen LogP contribution < -0.4 is 10.6 Å². The smallest absolute Gasteiger partial charge is 0.257 e. The lowest BCUT2D eigenvalue weighted by molar-refractivity contribution is -0.124. The number of ketones is 1. The van der Waals surface area contributed by atoms with Crippen LogP contribution in [-0.4, -0.2) is 53.5 Å². The molecule has 2 aliphatic rings. The standard InChI is InChI=1S/C19H21N3O5.C3H8/c1-22(2)19(26)12-7-5-8-13(16(12)23)21-15-14(17(24)18(15)25)20-10-11-6-3-4-9-27-11;1-3-2/h4-9,17,20-21,23-24H,3,10H2,1-2H3;3H2,1-2H3. The molecule has 0 fully saturated rings. The predicted molar refractivity (Wildman–Crippen MR) is 115 cm³/mol. The Labute approximate surface area is 176 Å². The number of allylic oxidation sites excluding steroid dienone is 2. The predicted octanol–water partition coefficient (Wildman–Crippen LogP) is 2.48. The fourth-order valence-corrected chi connectivity index (χ4v) is 2.70. The number of aliphatic hydroxyl groups is 1. The molecule has 0 saturated carbocycles. The van der Waals surface area contributed by atoms with E-state index in [1.54, 1.807) is 32.5 Å². The Balaban J connectivity index is 0.00000101. The van der Waals surface area contributed by atoms with Gasteiger partial charge in [-0.05, 0) is 30.7 Å². The maximum absolute atomic E-state index is 12.1. The molecule has 1 aliphatic heterocycles. The van der Waals surface area contributed by atoms with Gasteiger partial charge in [0, 0.05) is 14.1 Å². The first-order valence-electron chi connectivity index (χ1n) is 9.83. The quantitative estimate of drug-likeness (QED) is 0.528. The first-order chi connectivity index (χ1) is 14.3. The maximum atomic E-state index is 12.1. The summed E-state index contributed by atoms with van der Waals surface area (Å²) in [6, 6.07) is 4.63. The molecule has 0 radical (unpaired) electrons. The Kier molecular flexibility index (Phi) is 8.06. The first-order valence-corrected chi connectivity index (χ1v) is 9.83. The fourth-order valence-electron chi connectivity index (χ4n) is 2.70. The SMILES string of the molecule is CCC.CN(C)C(=O)c1cccc(NC2=C(NCC3=CCC=CO3)C(O)C2=O)c1O. The second kappa shape index (κ2) is 10.5. The Morgan fingerprint density at radius 2 is 2.00 bits per heavy atom. The van der Waals surface area contributed by atoms with Crippen molar-refractivity contribution in [3.05, 3.63) is 59.3 Å². The van der Waals surface area contributed by atoms with Gasteiger partial charge < -0.3 is 30.5 Å². The summed E-state index contributed by atoms with van der Waals surface area (Å²) in [6.07, 6.45) is 6.07. The van der Waals surface area contributed by atoms with E-state index < -0.39 is 11.9 Å². The van der Waals surface area contributed by atoms with E-state index in [0.717, 1.165) is 6.42 Å².